The summed E-state index contributed by atoms with van der Waals surface area (Å²) in [6.07, 6.45) is 21.0. The molecule has 1 heteroatoms. The summed E-state index contributed by atoms with van der Waals surface area (Å²) in [5, 5.41) is 0. The Hall–Kier alpha value is -0.560. The average Bonchev–Trinajstić information content (AvgIpc) is 3.08. The zero-order valence-corrected chi connectivity index (χ0v) is 16.2. The van der Waals surface area contributed by atoms with Crippen molar-refractivity contribution in [3.63, 3.8) is 0 Å². The van der Waals surface area contributed by atoms with Gasteiger partial charge < -0.3 is 5.73 Å². The molecular weight excluding hydrogens is 302 g/mol. The number of allylic oxidation sites excluding steroid dienone is 3. The molecule has 5 aliphatic rings. The molecule has 138 valence electrons. The van der Waals surface area contributed by atoms with Gasteiger partial charge in [-0.2, -0.15) is 0 Å². The molecule has 3 saturated carbocycles. The molecule has 0 radical (unpaired) electrons. The Balaban J connectivity index is 1.66. The summed E-state index contributed by atoms with van der Waals surface area (Å²) in [5.74, 6) is 5.89. The van der Waals surface area contributed by atoms with Crippen LogP contribution in [0.25, 0.3) is 0 Å². The van der Waals surface area contributed by atoms with Gasteiger partial charge in [-0.3, -0.25) is 0 Å². The molecule has 2 N–H and O–H groups in total. The summed E-state index contributed by atoms with van der Waals surface area (Å²) >= 11 is 0. The normalized spacial score (nSPS) is 52.7. The molecule has 8 bridgehead atoms. The second-order valence-corrected chi connectivity index (χ2v) is 10.2. The molecule has 0 amide bonds. The minimum Gasteiger partial charge on any atom is -0.330 e. The minimum absolute atomic E-state index is 0.504. The lowest BCUT2D eigenvalue weighted by molar-refractivity contribution is 0.112. The first-order chi connectivity index (χ1) is 12.2. The number of fused-ring (bicyclic) bond motifs is 1. The van der Waals surface area contributed by atoms with Gasteiger partial charge in [-0.25, -0.2) is 0 Å². The van der Waals surface area contributed by atoms with Crippen LogP contribution in [-0.2, 0) is 0 Å². The topological polar surface area (TPSA) is 26.0 Å². The molecule has 5 aliphatic carbocycles. The van der Waals surface area contributed by atoms with Crippen molar-refractivity contribution >= 4 is 0 Å². The van der Waals surface area contributed by atoms with Gasteiger partial charge >= 0.3 is 0 Å². The summed E-state index contributed by atoms with van der Waals surface area (Å²) < 4.78 is 0. The van der Waals surface area contributed by atoms with E-state index in [1.165, 1.54) is 64.2 Å². The Morgan fingerprint density at radius 3 is 2.92 bits per heavy atom. The van der Waals surface area contributed by atoms with Crippen LogP contribution >= 0.6 is 0 Å². The van der Waals surface area contributed by atoms with Crippen molar-refractivity contribution in [3.8, 4) is 0 Å². The van der Waals surface area contributed by atoms with Crippen LogP contribution in [0.1, 0.15) is 77.6 Å². The van der Waals surface area contributed by atoms with E-state index in [4.69, 9.17) is 5.73 Å². The van der Waals surface area contributed by atoms with E-state index >= 15 is 0 Å². The van der Waals surface area contributed by atoms with Gasteiger partial charge in [-0.05, 0) is 105 Å². The Kier molecular flexibility index (Phi) is 4.15. The zero-order valence-electron chi connectivity index (χ0n) is 16.2. The van der Waals surface area contributed by atoms with Crippen molar-refractivity contribution < 1.29 is 0 Å². The van der Waals surface area contributed by atoms with E-state index in [0.717, 1.165) is 48.5 Å². The maximum Gasteiger partial charge on any atom is -0.00399 e. The van der Waals surface area contributed by atoms with Crippen molar-refractivity contribution in [1.82, 2.24) is 0 Å². The van der Waals surface area contributed by atoms with Crippen molar-refractivity contribution in [3.05, 3.63) is 23.3 Å². The van der Waals surface area contributed by atoms with Gasteiger partial charge in [-0.1, -0.05) is 43.1 Å². The number of hydrogen-bond donors (Lipinski definition) is 1. The number of hydrogen-bond acceptors (Lipinski definition) is 1. The lowest BCUT2D eigenvalue weighted by Gasteiger charge is -2.40. The molecule has 7 unspecified atom stereocenters. The predicted molar refractivity (Wildman–Crippen MR) is 105 cm³/mol. The van der Waals surface area contributed by atoms with Crippen molar-refractivity contribution in [2.24, 2.45) is 46.7 Å². The molecule has 7 atom stereocenters. The second kappa shape index (κ2) is 6.25. The quantitative estimate of drug-likeness (QED) is 0.626. The molecule has 0 aromatic carbocycles. The van der Waals surface area contributed by atoms with E-state index in [2.05, 4.69) is 19.1 Å². The highest BCUT2D eigenvalue weighted by Gasteiger charge is 2.61. The third-order valence-corrected chi connectivity index (χ3v) is 9.26. The van der Waals surface area contributed by atoms with Crippen LogP contribution in [0.2, 0.25) is 0 Å². The van der Waals surface area contributed by atoms with Crippen LogP contribution in [0.5, 0.6) is 0 Å². The molecule has 0 aromatic rings. The first-order valence-electron chi connectivity index (χ1n) is 11.3. The molecule has 1 nitrogen and oxygen atoms in total. The lowest BCUT2D eigenvalue weighted by Crippen LogP contribution is -2.32. The fraction of sp³-hybridized carbons (Fsp3) is 0.833. The summed E-state index contributed by atoms with van der Waals surface area (Å²) in [6, 6.07) is 0. The SMILES string of the molecule is CC12CCCCC3C/C(CCN)=C\CC1C1C4CC3C1CCC/C=C/42. The fourth-order valence-corrected chi connectivity index (χ4v) is 8.35. The van der Waals surface area contributed by atoms with Crippen LogP contribution in [0.3, 0.4) is 0 Å². The summed E-state index contributed by atoms with van der Waals surface area (Å²) in [7, 11) is 0. The Bertz CT molecular complexity index is 587. The molecule has 0 spiro atoms. The van der Waals surface area contributed by atoms with Crippen molar-refractivity contribution in [1.29, 1.82) is 0 Å². The fourth-order valence-electron chi connectivity index (χ4n) is 8.35. The zero-order chi connectivity index (χ0) is 17.0. The summed E-state index contributed by atoms with van der Waals surface area (Å²) in [6.45, 7) is 3.51. The monoisotopic (exact) mass is 339 g/mol. The van der Waals surface area contributed by atoms with Crippen LogP contribution in [-0.4, -0.2) is 6.54 Å². The van der Waals surface area contributed by atoms with E-state index in [-0.39, 0.29) is 0 Å². The van der Waals surface area contributed by atoms with Crippen molar-refractivity contribution in [2.75, 3.05) is 6.54 Å². The van der Waals surface area contributed by atoms with Crippen LogP contribution < -0.4 is 5.73 Å². The van der Waals surface area contributed by atoms with E-state index in [1.54, 1.807) is 5.57 Å². The smallest absolute Gasteiger partial charge is 0.00399 e. The predicted octanol–water partition coefficient (Wildman–Crippen LogP) is 5.86. The van der Waals surface area contributed by atoms with Gasteiger partial charge in [0.25, 0.3) is 0 Å². The largest absolute Gasteiger partial charge is 0.330 e. The highest BCUT2D eigenvalue weighted by atomic mass is 14.7. The van der Waals surface area contributed by atoms with Gasteiger partial charge in [0.05, 0.1) is 0 Å². The summed E-state index contributed by atoms with van der Waals surface area (Å²) in [4.78, 5) is 0. The third kappa shape index (κ3) is 2.44. The van der Waals surface area contributed by atoms with Gasteiger partial charge in [-0.15, -0.1) is 0 Å². The first kappa shape index (κ1) is 16.6. The van der Waals surface area contributed by atoms with E-state index in [0.29, 0.717) is 5.41 Å². The Labute approximate surface area is 154 Å². The van der Waals surface area contributed by atoms with Crippen LogP contribution in [0, 0.1) is 40.9 Å². The molecule has 0 heterocycles. The van der Waals surface area contributed by atoms with Gasteiger partial charge in [0, 0.05) is 0 Å². The second-order valence-electron chi connectivity index (χ2n) is 10.2. The molecule has 5 rings (SSSR count). The highest BCUT2D eigenvalue weighted by molar-refractivity contribution is 5.32. The van der Waals surface area contributed by atoms with E-state index < -0.39 is 0 Å². The number of nitrogens with two attached hydrogens (primary N) is 1. The van der Waals surface area contributed by atoms with Crippen LogP contribution in [0.4, 0.5) is 0 Å². The highest BCUT2D eigenvalue weighted by Crippen LogP contribution is 2.69. The first-order valence-corrected chi connectivity index (χ1v) is 11.3. The maximum absolute atomic E-state index is 5.98. The Morgan fingerprint density at radius 2 is 2.04 bits per heavy atom. The van der Waals surface area contributed by atoms with Gasteiger partial charge in [0.2, 0.25) is 0 Å². The third-order valence-electron chi connectivity index (χ3n) is 9.26. The number of rotatable bonds is 2. The molecule has 3 fully saturated rings. The molecule has 0 aliphatic heterocycles. The molecular formula is C24H37N. The van der Waals surface area contributed by atoms with E-state index in [1.807, 2.05) is 5.57 Å². The van der Waals surface area contributed by atoms with Crippen LogP contribution in [0.15, 0.2) is 23.3 Å². The summed E-state index contributed by atoms with van der Waals surface area (Å²) in [5.41, 5.74) is 10.1. The van der Waals surface area contributed by atoms with Gasteiger partial charge in [0.15, 0.2) is 0 Å². The Morgan fingerprint density at radius 1 is 1.12 bits per heavy atom. The molecule has 0 saturated heterocycles. The van der Waals surface area contributed by atoms with E-state index in [9.17, 15) is 0 Å². The van der Waals surface area contributed by atoms with Crippen molar-refractivity contribution in [2.45, 2.75) is 77.6 Å². The van der Waals surface area contributed by atoms with Gasteiger partial charge in [0.1, 0.15) is 0 Å². The maximum atomic E-state index is 5.98. The minimum atomic E-state index is 0.504. The molecule has 0 aromatic heterocycles. The average molecular weight is 340 g/mol. The standard InChI is InChI=1S/C24H37N/c1-24-12-5-4-6-17-14-16(11-13-25)9-10-22(24)23-18-7-2-3-8-21(24)20(23)15-19(17)18/h8-9,17-20,22-23H,2-7,10-15,25H2,1H3/b16-9-,21-8-. The lowest BCUT2D eigenvalue weighted by atomic mass is 9.64. The molecule has 25 heavy (non-hydrogen) atoms.